The molecule has 5 heteroatoms. The average molecular weight is 322 g/mol. The average Bonchev–Trinajstić information content (AvgIpc) is 2.63. The van der Waals surface area contributed by atoms with Crippen LogP contribution in [-0.4, -0.2) is 16.2 Å². The van der Waals surface area contributed by atoms with Gasteiger partial charge in [-0.25, -0.2) is 0 Å². The molecule has 0 bridgehead atoms. The van der Waals surface area contributed by atoms with Crippen molar-refractivity contribution in [3.8, 4) is 5.75 Å². The van der Waals surface area contributed by atoms with Crippen molar-refractivity contribution in [2.24, 2.45) is 0 Å². The first-order valence-corrected chi connectivity index (χ1v) is 7.64. The minimum atomic E-state index is -0.524. The Morgan fingerprint density at radius 2 is 1.25 bits per heavy atom. The van der Waals surface area contributed by atoms with Crippen molar-refractivity contribution < 1.29 is 4.74 Å². The van der Waals surface area contributed by atoms with Gasteiger partial charge in [0.05, 0.1) is 20.2 Å². The molecule has 0 N–H and O–H groups in total. The molecule has 2 aromatic carbocycles. The van der Waals surface area contributed by atoms with Gasteiger partial charge in [0.1, 0.15) is 5.75 Å². The van der Waals surface area contributed by atoms with Gasteiger partial charge >= 0.3 is 11.1 Å². The van der Waals surface area contributed by atoms with E-state index in [2.05, 4.69) is 0 Å². The number of aromatic nitrogens is 2. The molecular formula is C19H18N2O3. The summed E-state index contributed by atoms with van der Waals surface area (Å²) >= 11 is 0. The summed E-state index contributed by atoms with van der Waals surface area (Å²) in [6, 6.07) is 17.0. The van der Waals surface area contributed by atoms with E-state index in [1.807, 2.05) is 54.6 Å². The van der Waals surface area contributed by atoms with E-state index in [1.54, 1.807) is 19.5 Å². The zero-order valence-corrected chi connectivity index (χ0v) is 13.4. The normalized spacial score (nSPS) is 10.5. The summed E-state index contributed by atoms with van der Waals surface area (Å²) in [5.74, 6) is 0.754. The Balaban J connectivity index is 1.84. The number of hydrogen-bond acceptors (Lipinski definition) is 3. The van der Waals surface area contributed by atoms with Gasteiger partial charge in [-0.3, -0.25) is 9.59 Å². The first-order valence-electron chi connectivity index (χ1n) is 7.64. The van der Waals surface area contributed by atoms with Crippen molar-refractivity contribution in [2.75, 3.05) is 7.11 Å². The zero-order valence-electron chi connectivity index (χ0n) is 13.4. The summed E-state index contributed by atoms with van der Waals surface area (Å²) in [5, 5.41) is 0. The van der Waals surface area contributed by atoms with Crippen molar-refractivity contribution >= 4 is 0 Å². The number of nitrogens with zero attached hydrogens (tertiary/aromatic N) is 2. The second kappa shape index (κ2) is 7.00. The molecule has 0 radical (unpaired) electrons. The van der Waals surface area contributed by atoms with Gasteiger partial charge < -0.3 is 13.9 Å². The van der Waals surface area contributed by atoms with Crippen LogP contribution >= 0.6 is 0 Å². The highest BCUT2D eigenvalue weighted by atomic mass is 16.5. The minimum absolute atomic E-state index is 0.351. The summed E-state index contributed by atoms with van der Waals surface area (Å²) in [4.78, 5) is 24.6. The smallest absolute Gasteiger partial charge is 0.316 e. The molecule has 5 nitrogen and oxygen atoms in total. The maximum Gasteiger partial charge on any atom is 0.316 e. The van der Waals surface area contributed by atoms with E-state index in [0.29, 0.717) is 13.1 Å². The summed E-state index contributed by atoms with van der Waals surface area (Å²) in [7, 11) is 1.60. The molecular weight excluding hydrogens is 304 g/mol. The van der Waals surface area contributed by atoms with Crippen molar-refractivity contribution in [3.05, 3.63) is 98.8 Å². The maximum atomic E-state index is 12.3. The summed E-state index contributed by atoms with van der Waals surface area (Å²) in [5.41, 5.74) is 0.865. The molecule has 0 atom stereocenters. The summed E-state index contributed by atoms with van der Waals surface area (Å²) in [6.45, 7) is 0.739. The van der Waals surface area contributed by atoms with E-state index in [0.717, 1.165) is 16.9 Å². The molecule has 0 amide bonds. The Labute approximate surface area is 139 Å². The third-order valence-corrected chi connectivity index (χ3v) is 3.84. The van der Waals surface area contributed by atoms with E-state index < -0.39 is 11.1 Å². The number of benzene rings is 2. The van der Waals surface area contributed by atoms with Crippen LogP contribution in [0.15, 0.2) is 76.6 Å². The molecule has 0 saturated heterocycles. The van der Waals surface area contributed by atoms with E-state index in [4.69, 9.17) is 4.74 Å². The largest absolute Gasteiger partial charge is 0.497 e. The van der Waals surface area contributed by atoms with Gasteiger partial charge in [-0.15, -0.1) is 0 Å². The number of methoxy groups -OCH3 is 1. The van der Waals surface area contributed by atoms with Gasteiger partial charge in [0, 0.05) is 12.4 Å². The number of ether oxygens (including phenoxy) is 1. The molecule has 0 aliphatic carbocycles. The van der Waals surface area contributed by atoms with E-state index in [-0.39, 0.29) is 0 Å². The van der Waals surface area contributed by atoms with Crippen molar-refractivity contribution in [1.82, 2.24) is 9.13 Å². The number of hydrogen-bond donors (Lipinski definition) is 0. The van der Waals surface area contributed by atoms with Gasteiger partial charge in [-0.1, -0.05) is 42.5 Å². The first kappa shape index (κ1) is 15.8. The second-order valence-electron chi connectivity index (χ2n) is 5.50. The quantitative estimate of drug-likeness (QED) is 0.676. The van der Waals surface area contributed by atoms with Crippen LogP contribution in [0, 0.1) is 0 Å². The van der Waals surface area contributed by atoms with Gasteiger partial charge in [0.2, 0.25) is 0 Å². The Bertz CT molecular complexity index is 925. The van der Waals surface area contributed by atoms with Crippen LogP contribution in [0.25, 0.3) is 0 Å². The SMILES string of the molecule is COc1ccc(Cn2ccn(Cc3ccccc3)c(=O)c2=O)cc1. The Hall–Kier alpha value is -3.08. The van der Waals surface area contributed by atoms with Crippen LogP contribution in [0.1, 0.15) is 11.1 Å². The fourth-order valence-electron chi connectivity index (χ4n) is 2.50. The van der Waals surface area contributed by atoms with Crippen LogP contribution in [0.3, 0.4) is 0 Å². The van der Waals surface area contributed by atoms with Gasteiger partial charge in [-0.05, 0) is 23.3 Å². The van der Waals surface area contributed by atoms with Gasteiger partial charge in [0.25, 0.3) is 0 Å². The molecule has 0 spiro atoms. The zero-order chi connectivity index (χ0) is 16.9. The molecule has 24 heavy (non-hydrogen) atoms. The Morgan fingerprint density at radius 3 is 1.75 bits per heavy atom. The molecule has 1 heterocycles. The maximum absolute atomic E-state index is 12.3. The predicted molar refractivity (Wildman–Crippen MR) is 92.6 cm³/mol. The highest BCUT2D eigenvalue weighted by Crippen LogP contribution is 2.11. The Morgan fingerprint density at radius 1 is 0.750 bits per heavy atom. The van der Waals surface area contributed by atoms with Crippen molar-refractivity contribution in [1.29, 1.82) is 0 Å². The lowest BCUT2D eigenvalue weighted by molar-refractivity contribution is 0.414. The lowest BCUT2D eigenvalue weighted by Gasteiger charge is -2.09. The topological polar surface area (TPSA) is 53.2 Å². The van der Waals surface area contributed by atoms with Crippen LogP contribution < -0.4 is 15.9 Å². The fourth-order valence-corrected chi connectivity index (χ4v) is 2.50. The van der Waals surface area contributed by atoms with Crippen molar-refractivity contribution in [3.63, 3.8) is 0 Å². The van der Waals surface area contributed by atoms with Crippen LogP contribution in [0.5, 0.6) is 5.75 Å². The predicted octanol–water partition coefficient (Wildman–Crippen LogP) is 2.12. The fraction of sp³-hybridized carbons (Fsp3) is 0.158. The third-order valence-electron chi connectivity index (χ3n) is 3.84. The standard InChI is InChI=1S/C19H18N2O3/c1-24-17-9-7-16(8-10-17)14-21-12-11-20(18(22)19(21)23)13-15-5-3-2-4-6-15/h2-12H,13-14H2,1H3. The first-order chi connectivity index (χ1) is 11.7. The second-order valence-corrected chi connectivity index (χ2v) is 5.50. The minimum Gasteiger partial charge on any atom is -0.497 e. The number of rotatable bonds is 5. The van der Waals surface area contributed by atoms with Gasteiger partial charge in [0.15, 0.2) is 0 Å². The van der Waals surface area contributed by atoms with Crippen LogP contribution in [-0.2, 0) is 13.1 Å². The van der Waals surface area contributed by atoms with Gasteiger partial charge in [-0.2, -0.15) is 0 Å². The highest BCUT2D eigenvalue weighted by Gasteiger charge is 2.06. The lowest BCUT2D eigenvalue weighted by atomic mass is 10.2. The van der Waals surface area contributed by atoms with E-state index >= 15 is 0 Å². The Kier molecular flexibility index (Phi) is 4.61. The summed E-state index contributed by atoms with van der Waals surface area (Å²) in [6.07, 6.45) is 3.30. The molecule has 0 aliphatic rings. The summed E-state index contributed by atoms with van der Waals surface area (Å²) < 4.78 is 7.97. The molecule has 3 aromatic rings. The monoisotopic (exact) mass is 322 g/mol. The molecule has 0 aliphatic heterocycles. The third kappa shape index (κ3) is 3.46. The molecule has 3 rings (SSSR count). The molecule has 0 unspecified atom stereocenters. The highest BCUT2D eigenvalue weighted by molar-refractivity contribution is 5.27. The van der Waals surface area contributed by atoms with E-state index in [1.165, 1.54) is 9.13 Å². The molecule has 0 fully saturated rings. The molecule has 0 saturated carbocycles. The molecule has 122 valence electrons. The lowest BCUT2D eigenvalue weighted by Crippen LogP contribution is -2.40. The van der Waals surface area contributed by atoms with Crippen LogP contribution in [0.2, 0.25) is 0 Å². The van der Waals surface area contributed by atoms with Crippen LogP contribution in [0.4, 0.5) is 0 Å². The van der Waals surface area contributed by atoms with E-state index in [9.17, 15) is 9.59 Å². The molecule has 1 aromatic heterocycles. The van der Waals surface area contributed by atoms with Crippen molar-refractivity contribution in [2.45, 2.75) is 13.1 Å².